The Hall–Kier alpha value is -1.57. The molecule has 0 fully saturated rings. The van der Waals surface area contributed by atoms with Crippen LogP contribution < -0.4 is 10.2 Å². The molecule has 1 atom stereocenters. The van der Waals surface area contributed by atoms with Crippen LogP contribution >= 0.6 is 11.8 Å². The van der Waals surface area contributed by atoms with E-state index in [4.69, 9.17) is 4.74 Å². The third-order valence-corrected chi connectivity index (χ3v) is 4.20. The fourth-order valence-electron chi connectivity index (χ4n) is 2.36. The first-order chi connectivity index (χ1) is 11.6. The first kappa shape index (κ1) is 21.5. The van der Waals surface area contributed by atoms with Crippen molar-refractivity contribution in [1.82, 2.24) is 15.0 Å². The maximum Gasteiger partial charge on any atom is 0.319 e. The number of hydrogen-bond acceptors (Lipinski definition) is 8. The topological polar surface area (TPSA) is 80.2 Å². The molecule has 0 amide bonds. The van der Waals surface area contributed by atoms with Gasteiger partial charge in [0.25, 0.3) is 0 Å². The molecule has 1 heterocycles. The molecule has 1 unspecified atom stereocenters. The molecule has 0 aromatic carbocycles. The van der Waals surface area contributed by atoms with Gasteiger partial charge in [-0.3, -0.25) is 4.79 Å². The molecular weight excluding hydrogens is 338 g/mol. The summed E-state index contributed by atoms with van der Waals surface area (Å²) in [4.78, 5) is 27.6. The Labute approximate surface area is 155 Å². The molecule has 1 aromatic rings. The number of aromatic nitrogens is 3. The van der Waals surface area contributed by atoms with Crippen LogP contribution in [0.25, 0.3) is 0 Å². The molecule has 7 nitrogen and oxygen atoms in total. The predicted octanol–water partition coefficient (Wildman–Crippen LogP) is 3.36. The molecule has 0 aliphatic rings. The largest absolute Gasteiger partial charge is 0.465 e. The van der Waals surface area contributed by atoms with Gasteiger partial charge in [-0.05, 0) is 55.4 Å². The van der Waals surface area contributed by atoms with Crippen LogP contribution in [0.2, 0.25) is 0 Å². The van der Waals surface area contributed by atoms with E-state index in [0.29, 0.717) is 23.7 Å². The normalized spacial score (nSPS) is 12.6. The van der Waals surface area contributed by atoms with Gasteiger partial charge < -0.3 is 15.0 Å². The minimum atomic E-state index is -0.381. The first-order valence-corrected chi connectivity index (χ1v) is 9.67. The standard InChI is InChI=1S/C17H31N5O2S/c1-9-24-14(23)13(8)25-17-20-15(18-10(2)3)19-16(21-17)22(11(4)5)12(6)7/h10-13H,9H2,1-8H3,(H,18,19,20,21). The molecule has 0 radical (unpaired) electrons. The molecule has 1 N–H and O–H groups in total. The molecule has 0 aliphatic carbocycles. The van der Waals surface area contributed by atoms with E-state index in [2.05, 4.69) is 52.9 Å². The molecule has 0 spiro atoms. The van der Waals surface area contributed by atoms with Gasteiger partial charge in [-0.25, -0.2) is 0 Å². The fourth-order valence-corrected chi connectivity index (χ4v) is 3.11. The van der Waals surface area contributed by atoms with Gasteiger partial charge in [-0.1, -0.05) is 11.8 Å². The van der Waals surface area contributed by atoms with Crippen molar-refractivity contribution in [3.8, 4) is 0 Å². The number of carbonyl (C=O) groups excluding carboxylic acids is 1. The highest BCUT2D eigenvalue weighted by Gasteiger charge is 2.22. The van der Waals surface area contributed by atoms with Gasteiger partial charge in [0.2, 0.25) is 11.9 Å². The SMILES string of the molecule is CCOC(=O)C(C)Sc1nc(NC(C)C)nc(N(C(C)C)C(C)C)n1. The number of ether oxygens (including phenoxy) is 1. The van der Waals surface area contributed by atoms with Crippen molar-refractivity contribution in [2.24, 2.45) is 0 Å². The van der Waals surface area contributed by atoms with Crippen LogP contribution in [0.1, 0.15) is 55.4 Å². The summed E-state index contributed by atoms with van der Waals surface area (Å²) >= 11 is 1.28. The van der Waals surface area contributed by atoms with E-state index in [1.165, 1.54) is 11.8 Å². The number of nitrogens with zero attached hydrogens (tertiary/aromatic N) is 4. The summed E-state index contributed by atoms with van der Waals surface area (Å²) in [6.07, 6.45) is 0. The maximum atomic E-state index is 11.9. The van der Waals surface area contributed by atoms with E-state index in [-0.39, 0.29) is 29.3 Å². The van der Waals surface area contributed by atoms with E-state index in [0.717, 1.165) is 0 Å². The molecule has 0 saturated carbocycles. The summed E-state index contributed by atoms with van der Waals surface area (Å²) in [5.74, 6) is 0.865. The zero-order valence-corrected chi connectivity index (χ0v) is 17.3. The van der Waals surface area contributed by atoms with Crippen molar-refractivity contribution in [2.45, 2.75) is 83.9 Å². The Balaban J connectivity index is 3.19. The number of thioether (sulfide) groups is 1. The molecule has 1 aromatic heterocycles. The molecule has 0 saturated heterocycles. The summed E-state index contributed by atoms with van der Waals surface area (Å²) in [6, 6.07) is 0.686. The second-order valence-corrected chi connectivity index (χ2v) is 7.96. The number of rotatable bonds is 9. The van der Waals surface area contributed by atoms with Crippen LogP contribution in [0, 0.1) is 0 Å². The zero-order valence-electron chi connectivity index (χ0n) is 16.5. The van der Waals surface area contributed by atoms with Gasteiger partial charge in [0.15, 0.2) is 5.16 Å². The van der Waals surface area contributed by atoms with Crippen LogP contribution in [0.3, 0.4) is 0 Å². The first-order valence-electron chi connectivity index (χ1n) is 8.79. The molecule has 142 valence electrons. The lowest BCUT2D eigenvalue weighted by molar-refractivity contribution is -0.142. The van der Waals surface area contributed by atoms with Gasteiger partial charge in [-0.2, -0.15) is 15.0 Å². The Morgan fingerprint density at radius 2 is 1.68 bits per heavy atom. The molecule has 1 rings (SSSR count). The third kappa shape index (κ3) is 6.68. The van der Waals surface area contributed by atoms with Crippen molar-refractivity contribution in [1.29, 1.82) is 0 Å². The van der Waals surface area contributed by atoms with Crippen molar-refractivity contribution in [2.75, 3.05) is 16.8 Å². The number of carbonyl (C=O) groups is 1. The highest BCUT2D eigenvalue weighted by molar-refractivity contribution is 8.00. The highest BCUT2D eigenvalue weighted by Crippen LogP contribution is 2.25. The minimum Gasteiger partial charge on any atom is -0.465 e. The number of anilines is 2. The third-order valence-electron chi connectivity index (χ3n) is 3.27. The minimum absolute atomic E-state index is 0.196. The monoisotopic (exact) mass is 369 g/mol. The van der Waals surface area contributed by atoms with Crippen LogP contribution in [0.5, 0.6) is 0 Å². The Morgan fingerprint density at radius 3 is 2.16 bits per heavy atom. The summed E-state index contributed by atoms with van der Waals surface area (Å²) in [5, 5.41) is 3.36. The summed E-state index contributed by atoms with van der Waals surface area (Å²) in [6.45, 7) is 16.4. The van der Waals surface area contributed by atoms with Gasteiger partial charge in [0, 0.05) is 18.1 Å². The van der Waals surface area contributed by atoms with Crippen molar-refractivity contribution in [3.05, 3.63) is 0 Å². The number of nitrogens with one attached hydrogen (secondary N) is 1. The van der Waals surface area contributed by atoms with Gasteiger partial charge in [-0.15, -0.1) is 0 Å². The zero-order chi connectivity index (χ0) is 19.1. The molecule has 0 aliphatic heterocycles. The maximum absolute atomic E-state index is 11.9. The van der Waals surface area contributed by atoms with E-state index in [1.54, 1.807) is 13.8 Å². The van der Waals surface area contributed by atoms with Gasteiger partial charge >= 0.3 is 5.97 Å². The second-order valence-electron chi connectivity index (χ2n) is 6.65. The van der Waals surface area contributed by atoms with Crippen LogP contribution in [0.15, 0.2) is 5.16 Å². The molecular formula is C17H31N5O2S. The average Bonchev–Trinajstić information content (AvgIpc) is 2.45. The van der Waals surface area contributed by atoms with E-state index >= 15 is 0 Å². The van der Waals surface area contributed by atoms with Gasteiger partial charge in [0.1, 0.15) is 5.25 Å². The van der Waals surface area contributed by atoms with Crippen LogP contribution in [-0.2, 0) is 9.53 Å². The lowest BCUT2D eigenvalue weighted by atomic mass is 10.2. The van der Waals surface area contributed by atoms with Gasteiger partial charge in [0.05, 0.1) is 6.61 Å². The lowest BCUT2D eigenvalue weighted by Crippen LogP contribution is -2.38. The van der Waals surface area contributed by atoms with Crippen LogP contribution in [-0.4, -0.2) is 50.9 Å². The highest BCUT2D eigenvalue weighted by atomic mass is 32.2. The van der Waals surface area contributed by atoms with Crippen molar-refractivity contribution < 1.29 is 9.53 Å². The van der Waals surface area contributed by atoms with E-state index in [9.17, 15) is 4.79 Å². The number of esters is 1. The molecule has 8 heteroatoms. The van der Waals surface area contributed by atoms with Crippen molar-refractivity contribution >= 4 is 29.6 Å². The summed E-state index contributed by atoms with van der Waals surface area (Å²) in [5.41, 5.74) is 0. The lowest BCUT2D eigenvalue weighted by Gasteiger charge is -2.31. The Kier molecular flexibility index (Phi) is 8.41. The fraction of sp³-hybridized carbons (Fsp3) is 0.765. The summed E-state index contributed by atoms with van der Waals surface area (Å²) < 4.78 is 5.07. The summed E-state index contributed by atoms with van der Waals surface area (Å²) in [7, 11) is 0. The molecule has 25 heavy (non-hydrogen) atoms. The Bertz CT molecular complexity index is 558. The quantitative estimate of drug-likeness (QED) is 0.524. The van der Waals surface area contributed by atoms with Crippen molar-refractivity contribution in [3.63, 3.8) is 0 Å². The number of hydrogen-bond donors (Lipinski definition) is 1. The second kappa shape index (κ2) is 9.79. The smallest absolute Gasteiger partial charge is 0.319 e. The predicted molar refractivity (Wildman–Crippen MR) is 103 cm³/mol. The van der Waals surface area contributed by atoms with E-state index in [1.807, 2.05) is 13.8 Å². The Morgan fingerprint density at radius 1 is 1.08 bits per heavy atom. The van der Waals surface area contributed by atoms with Crippen LogP contribution in [0.4, 0.5) is 11.9 Å². The molecule has 0 bridgehead atoms. The van der Waals surface area contributed by atoms with E-state index < -0.39 is 0 Å². The average molecular weight is 370 g/mol.